The van der Waals surface area contributed by atoms with Gasteiger partial charge in [-0.25, -0.2) is 0 Å². The Bertz CT molecular complexity index is 247. The van der Waals surface area contributed by atoms with E-state index in [0.29, 0.717) is 0 Å². The number of hydrogen-bond donors (Lipinski definition) is 1. The Morgan fingerprint density at radius 2 is 1.79 bits per heavy atom. The van der Waals surface area contributed by atoms with Crippen molar-refractivity contribution in [3.8, 4) is 0 Å². The van der Waals surface area contributed by atoms with E-state index >= 15 is 0 Å². The van der Waals surface area contributed by atoms with Gasteiger partial charge < -0.3 is 0 Å². The summed E-state index contributed by atoms with van der Waals surface area (Å²) in [5, 5.41) is 0. The Morgan fingerprint density at radius 3 is 2.14 bits per heavy atom. The smallest absolute Gasteiger partial charge is 0.286 e. The van der Waals surface area contributed by atoms with Gasteiger partial charge in [0.1, 0.15) is 6.66 Å². The molecule has 0 bridgehead atoms. The minimum atomic E-state index is -3.90. The fourth-order valence-electron chi connectivity index (χ4n) is 0.652. The van der Waals surface area contributed by atoms with Gasteiger partial charge in [0.25, 0.3) is 10.1 Å². The molecule has 0 rings (SSSR count). The molecule has 0 aromatic rings. The van der Waals surface area contributed by atoms with Crippen LogP contribution < -0.4 is 0 Å². The summed E-state index contributed by atoms with van der Waals surface area (Å²) in [5.74, 6) is -0.319. The molecule has 0 unspecified atom stereocenters. The largest absolute Gasteiger partial charge is 0.407 e. The summed E-state index contributed by atoms with van der Waals surface area (Å²) < 4.78 is 44.3. The molecule has 0 atom stereocenters. The first kappa shape index (κ1) is 14.2. The summed E-state index contributed by atoms with van der Waals surface area (Å²) >= 11 is 0. The van der Waals surface area contributed by atoms with Crippen molar-refractivity contribution in [3.05, 3.63) is 0 Å². The van der Waals surface area contributed by atoms with Gasteiger partial charge in [-0.1, -0.05) is 0 Å². The molecule has 86 valence electrons. The standard InChI is InChI=1S/C6H15O6PS/c1-10-13(3,11-2)12-5-4-6-14(7,8)9/h4-6H2,1-3H3/p+1. The van der Waals surface area contributed by atoms with Gasteiger partial charge >= 0.3 is 7.94 Å². The molecular weight excluding hydrogens is 231 g/mol. The molecule has 6 nitrogen and oxygen atoms in total. The van der Waals surface area contributed by atoms with Crippen molar-refractivity contribution >= 4 is 18.1 Å². The van der Waals surface area contributed by atoms with Crippen LogP contribution in [0.4, 0.5) is 0 Å². The maximum atomic E-state index is 10.3. The summed E-state index contributed by atoms with van der Waals surface area (Å²) in [6.45, 7) is 1.84. The van der Waals surface area contributed by atoms with Crippen LogP contribution >= 0.6 is 7.94 Å². The lowest BCUT2D eigenvalue weighted by molar-refractivity contribution is 0.185. The number of hydrogen-bond acceptors (Lipinski definition) is 5. The van der Waals surface area contributed by atoms with Gasteiger partial charge in [0.05, 0.1) is 26.6 Å². The van der Waals surface area contributed by atoms with Crippen LogP contribution in [0.2, 0.25) is 0 Å². The monoisotopic (exact) mass is 247 g/mol. The molecule has 0 spiro atoms. The summed E-state index contributed by atoms with van der Waals surface area (Å²) in [6, 6.07) is 0. The van der Waals surface area contributed by atoms with Crippen LogP contribution in [0.1, 0.15) is 6.42 Å². The zero-order valence-electron chi connectivity index (χ0n) is 8.47. The Hall–Kier alpha value is 0.220. The lowest BCUT2D eigenvalue weighted by Crippen LogP contribution is -2.09. The van der Waals surface area contributed by atoms with E-state index in [9.17, 15) is 8.42 Å². The van der Waals surface area contributed by atoms with Crippen LogP contribution in [0.3, 0.4) is 0 Å². The van der Waals surface area contributed by atoms with Crippen LogP contribution in [0.5, 0.6) is 0 Å². The molecule has 14 heavy (non-hydrogen) atoms. The SMILES string of the molecule is CO[P+](C)(OC)OCCCS(=O)(=O)O. The topological polar surface area (TPSA) is 82.1 Å². The van der Waals surface area contributed by atoms with Gasteiger partial charge in [0, 0.05) is 0 Å². The maximum absolute atomic E-state index is 10.3. The van der Waals surface area contributed by atoms with E-state index < -0.39 is 18.1 Å². The molecular formula is C6H16O6PS+. The van der Waals surface area contributed by atoms with Gasteiger partial charge in [0.2, 0.25) is 0 Å². The molecule has 0 heterocycles. The molecule has 0 saturated carbocycles. The van der Waals surface area contributed by atoms with Gasteiger partial charge in [-0.15, -0.1) is 0 Å². The number of rotatable bonds is 7. The van der Waals surface area contributed by atoms with E-state index in [-0.39, 0.29) is 18.8 Å². The quantitative estimate of drug-likeness (QED) is 0.410. The third kappa shape index (κ3) is 6.64. The van der Waals surface area contributed by atoms with Crippen molar-refractivity contribution in [2.75, 3.05) is 33.2 Å². The third-order valence-corrected chi connectivity index (χ3v) is 4.32. The van der Waals surface area contributed by atoms with E-state index in [0.717, 1.165) is 0 Å². The van der Waals surface area contributed by atoms with Gasteiger partial charge in [0.15, 0.2) is 0 Å². The minimum absolute atomic E-state index is 0.172. The van der Waals surface area contributed by atoms with Crippen molar-refractivity contribution in [2.24, 2.45) is 0 Å². The fraction of sp³-hybridized carbons (Fsp3) is 1.00. The highest BCUT2D eigenvalue weighted by molar-refractivity contribution is 7.85. The average Bonchev–Trinajstić information content (AvgIpc) is 2.11. The highest BCUT2D eigenvalue weighted by Gasteiger charge is 2.35. The van der Waals surface area contributed by atoms with Crippen molar-refractivity contribution in [2.45, 2.75) is 6.42 Å². The predicted molar refractivity (Wildman–Crippen MR) is 53.8 cm³/mol. The lowest BCUT2D eigenvalue weighted by atomic mass is 10.5. The molecule has 0 aromatic carbocycles. The molecule has 0 fully saturated rings. The predicted octanol–water partition coefficient (Wildman–Crippen LogP) is 0.966. The Labute approximate surface area is 84.9 Å². The van der Waals surface area contributed by atoms with E-state index in [2.05, 4.69) is 0 Å². The maximum Gasteiger partial charge on any atom is 0.407 e. The van der Waals surface area contributed by atoms with E-state index in [1.807, 2.05) is 0 Å². The van der Waals surface area contributed by atoms with Crippen LogP contribution in [0, 0.1) is 0 Å². The molecule has 8 heteroatoms. The normalized spacial score (nSPS) is 13.1. The van der Waals surface area contributed by atoms with E-state index in [4.69, 9.17) is 18.1 Å². The van der Waals surface area contributed by atoms with Gasteiger partial charge in [-0.2, -0.15) is 22.0 Å². The molecule has 0 amide bonds. The summed E-state index contributed by atoms with van der Waals surface area (Å²) in [4.78, 5) is 0. The molecule has 0 aromatic heterocycles. The first-order chi connectivity index (χ1) is 6.33. The lowest BCUT2D eigenvalue weighted by Gasteiger charge is -2.13. The van der Waals surface area contributed by atoms with E-state index in [1.54, 1.807) is 6.66 Å². The molecule has 0 radical (unpaired) electrons. The fourth-order valence-corrected chi connectivity index (χ4v) is 1.95. The second-order valence-corrected chi connectivity index (χ2v) is 6.71. The average molecular weight is 247 g/mol. The zero-order chi connectivity index (χ0) is 11.2. The minimum Gasteiger partial charge on any atom is -0.286 e. The Morgan fingerprint density at radius 1 is 1.29 bits per heavy atom. The van der Waals surface area contributed by atoms with Crippen LogP contribution in [0.15, 0.2) is 0 Å². The van der Waals surface area contributed by atoms with E-state index in [1.165, 1.54) is 14.2 Å². The second-order valence-electron chi connectivity index (χ2n) is 2.61. The van der Waals surface area contributed by atoms with Crippen molar-refractivity contribution in [3.63, 3.8) is 0 Å². The molecule has 0 aliphatic carbocycles. The van der Waals surface area contributed by atoms with Crippen molar-refractivity contribution < 1.29 is 26.5 Å². The zero-order valence-corrected chi connectivity index (χ0v) is 10.2. The summed E-state index contributed by atoms with van der Waals surface area (Å²) in [7, 11) is -3.28. The van der Waals surface area contributed by atoms with Crippen molar-refractivity contribution in [1.82, 2.24) is 0 Å². The first-order valence-corrected chi connectivity index (χ1v) is 7.50. The Balaban J connectivity index is 3.74. The van der Waals surface area contributed by atoms with Crippen molar-refractivity contribution in [1.29, 1.82) is 0 Å². The van der Waals surface area contributed by atoms with Crippen LogP contribution in [-0.2, 0) is 23.7 Å². The highest BCUT2D eigenvalue weighted by Crippen LogP contribution is 2.56. The van der Waals surface area contributed by atoms with Gasteiger partial charge in [-0.05, 0) is 6.42 Å². The first-order valence-electron chi connectivity index (χ1n) is 3.90. The molecule has 1 N–H and O–H groups in total. The second kappa shape index (κ2) is 5.95. The summed E-state index contributed by atoms with van der Waals surface area (Å²) in [5.41, 5.74) is 0. The Kier molecular flexibility index (Phi) is 6.04. The van der Waals surface area contributed by atoms with Crippen LogP contribution in [-0.4, -0.2) is 46.2 Å². The third-order valence-electron chi connectivity index (χ3n) is 1.54. The molecule has 0 aliphatic rings. The molecule has 0 saturated heterocycles. The molecule has 0 aliphatic heterocycles. The summed E-state index contributed by atoms with van der Waals surface area (Å²) in [6.07, 6.45) is 0.209. The highest BCUT2D eigenvalue weighted by atomic mass is 32.2. The van der Waals surface area contributed by atoms with Gasteiger partial charge in [-0.3, -0.25) is 4.55 Å². The van der Waals surface area contributed by atoms with Crippen LogP contribution in [0.25, 0.3) is 0 Å².